The Hall–Kier alpha value is -1.58. The Morgan fingerprint density at radius 2 is 2.00 bits per heavy atom. The minimum absolute atomic E-state index is 0.310. The van der Waals surface area contributed by atoms with Gasteiger partial charge in [-0.3, -0.25) is 4.79 Å². The summed E-state index contributed by atoms with van der Waals surface area (Å²) in [6, 6.07) is 10.1. The fourth-order valence-corrected chi connectivity index (χ4v) is 1.96. The van der Waals surface area contributed by atoms with Crippen molar-refractivity contribution in [2.75, 3.05) is 5.32 Å². The van der Waals surface area contributed by atoms with Crippen LogP contribution < -0.4 is 5.32 Å². The number of rotatable bonds is 2. The van der Waals surface area contributed by atoms with Gasteiger partial charge in [0.15, 0.2) is 0 Å². The first-order chi connectivity index (χ1) is 8.56. The zero-order valence-corrected chi connectivity index (χ0v) is 11.1. The topological polar surface area (TPSA) is 42.0 Å². The Bertz CT molecular complexity index is 599. The first-order valence-electron chi connectivity index (χ1n) is 5.26. The number of carbonyl (C=O) groups excluding carboxylic acids is 1. The number of amides is 1. The van der Waals surface area contributed by atoms with Gasteiger partial charge in [0.2, 0.25) is 0 Å². The predicted molar refractivity (Wildman–Crippen MR) is 73.4 cm³/mol. The smallest absolute Gasteiger partial charge is 0.258 e. The molecule has 0 aliphatic rings. The van der Waals surface area contributed by atoms with E-state index < -0.39 is 0 Å². The average Bonchev–Trinajstić information content (AvgIpc) is 2.28. The molecule has 1 aromatic carbocycles. The van der Waals surface area contributed by atoms with Crippen LogP contribution in [0.4, 0.5) is 5.82 Å². The maximum absolute atomic E-state index is 12.0. The van der Waals surface area contributed by atoms with Crippen LogP contribution in [0.5, 0.6) is 0 Å². The second kappa shape index (κ2) is 5.38. The average molecular weight is 281 g/mol. The summed E-state index contributed by atoms with van der Waals surface area (Å²) in [7, 11) is 0. The van der Waals surface area contributed by atoms with Gasteiger partial charge in [0.25, 0.3) is 5.91 Å². The molecule has 5 heteroatoms. The quantitative estimate of drug-likeness (QED) is 0.905. The van der Waals surface area contributed by atoms with E-state index in [9.17, 15) is 4.79 Å². The molecular formula is C13H10Cl2N2O. The fourth-order valence-electron chi connectivity index (χ4n) is 1.47. The van der Waals surface area contributed by atoms with Crippen molar-refractivity contribution in [1.82, 2.24) is 4.98 Å². The molecule has 92 valence electrons. The van der Waals surface area contributed by atoms with Gasteiger partial charge in [-0.25, -0.2) is 4.98 Å². The molecule has 0 bridgehead atoms. The van der Waals surface area contributed by atoms with E-state index in [0.717, 1.165) is 5.69 Å². The number of benzene rings is 1. The molecule has 0 spiro atoms. The van der Waals surface area contributed by atoms with Crippen LogP contribution in [0.1, 0.15) is 16.1 Å². The molecule has 1 amide bonds. The van der Waals surface area contributed by atoms with Gasteiger partial charge < -0.3 is 5.32 Å². The largest absolute Gasteiger partial charge is 0.307 e. The third kappa shape index (κ3) is 3.00. The fraction of sp³-hybridized carbons (Fsp3) is 0.0769. The van der Waals surface area contributed by atoms with Crippen molar-refractivity contribution in [3.8, 4) is 0 Å². The summed E-state index contributed by atoms with van der Waals surface area (Å²) >= 11 is 11.7. The molecule has 0 fully saturated rings. The van der Waals surface area contributed by atoms with Crippen LogP contribution in [-0.4, -0.2) is 10.9 Å². The molecule has 2 rings (SSSR count). The van der Waals surface area contributed by atoms with E-state index in [2.05, 4.69) is 10.3 Å². The second-order valence-corrected chi connectivity index (χ2v) is 4.59. The van der Waals surface area contributed by atoms with Crippen molar-refractivity contribution in [2.24, 2.45) is 0 Å². The highest BCUT2D eigenvalue weighted by Crippen LogP contribution is 2.21. The van der Waals surface area contributed by atoms with Gasteiger partial charge in [-0.05, 0) is 37.3 Å². The summed E-state index contributed by atoms with van der Waals surface area (Å²) in [6.07, 6.45) is 0. The summed E-state index contributed by atoms with van der Waals surface area (Å²) in [6.45, 7) is 1.85. The second-order valence-electron chi connectivity index (χ2n) is 3.74. The highest BCUT2D eigenvalue weighted by molar-refractivity contribution is 6.37. The number of hydrogen-bond donors (Lipinski definition) is 1. The van der Waals surface area contributed by atoms with E-state index >= 15 is 0 Å². The van der Waals surface area contributed by atoms with Gasteiger partial charge in [0.05, 0.1) is 10.6 Å². The van der Waals surface area contributed by atoms with Crippen LogP contribution in [0.2, 0.25) is 10.0 Å². The molecule has 3 nitrogen and oxygen atoms in total. The number of nitrogens with zero attached hydrogens (tertiary/aromatic N) is 1. The van der Waals surface area contributed by atoms with E-state index in [0.29, 0.717) is 21.4 Å². The van der Waals surface area contributed by atoms with Gasteiger partial charge >= 0.3 is 0 Å². The summed E-state index contributed by atoms with van der Waals surface area (Å²) in [4.78, 5) is 16.2. The van der Waals surface area contributed by atoms with Crippen LogP contribution in [0.15, 0.2) is 36.4 Å². The summed E-state index contributed by atoms with van der Waals surface area (Å²) in [5.41, 5.74) is 1.19. The predicted octanol–water partition coefficient (Wildman–Crippen LogP) is 3.95. The molecule has 18 heavy (non-hydrogen) atoms. The van der Waals surface area contributed by atoms with Crippen molar-refractivity contribution >= 4 is 34.9 Å². The minimum atomic E-state index is -0.310. The van der Waals surface area contributed by atoms with E-state index in [1.807, 2.05) is 19.1 Å². The molecule has 0 aliphatic heterocycles. The normalized spacial score (nSPS) is 10.2. The lowest BCUT2D eigenvalue weighted by Gasteiger charge is -2.06. The Morgan fingerprint density at radius 1 is 1.22 bits per heavy atom. The molecule has 1 N–H and O–H groups in total. The summed E-state index contributed by atoms with van der Waals surface area (Å²) in [5, 5.41) is 3.49. The van der Waals surface area contributed by atoms with Crippen LogP contribution in [0, 0.1) is 6.92 Å². The minimum Gasteiger partial charge on any atom is -0.307 e. The Morgan fingerprint density at radius 3 is 2.67 bits per heavy atom. The number of halogens is 2. The van der Waals surface area contributed by atoms with Crippen molar-refractivity contribution in [1.29, 1.82) is 0 Å². The number of nitrogens with one attached hydrogen (secondary N) is 1. The lowest BCUT2D eigenvalue weighted by atomic mass is 10.2. The van der Waals surface area contributed by atoms with Gasteiger partial charge in [-0.2, -0.15) is 0 Å². The van der Waals surface area contributed by atoms with Crippen molar-refractivity contribution < 1.29 is 4.79 Å². The maximum Gasteiger partial charge on any atom is 0.258 e. The van der Waals surface area contributed by atoms with Gasteiger partial charge in [-0.1, -0.05) is 29.3 Å². The van der Waals surface area contributed by atoms with Crippen LogP contribution in [0.3, 0.4) is 0 Å². The van der Waals surface area contributed by atoms with E-state index in [4.69, 9.17) is 23.2 Å². The molecule has 0 atom stereocenters. The SMILES string of the molecule is Cc1cccc(NC(=O)c2ccc(Cl)cc2Cl)n1. The van der Waals surface area contributed by atoms with Crippen LogP contribution >= 0.6 is 23.2 Å². The van der Waals surface area contributed by atoms with Crippen molar-refractivity contribution in [3.05, 3.63) is 57.7 Å². The first-order valence-corrected chi connectivity index (χ1v) is 6.02. The summed E-state index contributed by atoms with van der Waals surface area (Å²) < 4.78 is 0. The number of pyridine rings is 1. The van der Waals surface area contributed by atoms with Crippen molar-refractivity contribution in [2.45, 2.75) is 6.92 Å². The zero-order chi connectivity index (χ0) is 13.1. The van der Waals surface area contributed by atoms with Crippen LogP contribution in [0.25, 0.3) is 0 Å². The number of anilines is 1. The molecule has 0 unspecified atom stereocenters. The molecule has 0 saturated carbocycles. The van der Waals surface area contributed by atoms with E-state index in [1.165, 1.54) is 6.07 Å². The number of carbonyl (C=O) groups is 1. The number of aryl methyl sites for hydroxylation is 1. The maximum atomic E-state index is 12.0. The Balaban J connectivity index is 2.22. The van der Waals surface area contributed by atoms with Crippen LogP contribution in [-0.2, 0) is 0 Å². The molecule has 0 saturated heterocycles. The zero-order valence-electron chi connectivity index (χ0n) is 9.58. The third-order valence-electron chi connectivity index (χ3n) is 2.31. The highest BCUT2D eigenvalue weighted by Gasteiger charge is 2.11. The van der Waals surface area contributed by atoms with Gasteiger partial charge in [0, 0.05) is 10.7 Å². The lowest BCUT2D eigenvalue weighted by molar-refractivity contribution is 0.102. The van der Waals surface area contributed by atoms with E-state index in [-0.39, 0.29) is 5.91 Å². The van der Waals surface area contributed by atoms with Gasteiger partial charge in [0.1, 0.15) is 5.82 Å². The molecule has 0 aliphatic carbocycles. The monoisotopic (exact) mass is 280 g/mol. The first kappa shape index (κ1) is 12.9. The highest BCUT2D eigenvalue weighted by atomic mass is 35.5. The summed E-state index contributed by atoms with van der Waals surface area (Å²) in [5.74, 6) is 0.181. The number of hydrogen-bond acceptors (Lipinski definition) is 2. The Labute approximate surface area is 115 Å². The van der Waals surface area contributed by atoms with Crippen molar-refractivity contribution in [3.63, 3.8) is 0 Å². The third-order valence-corrected chi connectivity index (χ3v) is 2.85. The van der Waals surface area contributed by atoms with Gasteiger partial charge in [-0.15, -0.1) is 0 Å². The number of aromatic nitrogens is 1. The standard InChI is InChI=1S/C13H10Cl2N2O/c1-8-3-2-4-12(16-8)17-13(18)10-6-5-9(14)7-11(10)15/h2-7H,1H3,(H,16,17,18). The molecule has 2 aromatic rings. The molecule has 1 heterocycles. The molecular weight excluding hydrogens is 271 g/mol. The lowest BCUT2D eigenvalue weighted by Crippen LogP contribution is -2.13. The van der Waals surface area contributed by atoms with E-state index in [1.54, 1.807) is 18.2 Å². The Kier molecular flexibility index (Phi) is 3.84. The molecule has 0 radical (unpaired) electrons. The molecule has 1 aromatic heterocycles.